The first-order chi connectivity index (χ1) is 5.95. The van der Waals surface area contributed by atoms with E-state index >= 15 is 0 Å². The number of hydrogen-bond acceptors (Lipinski definition) is 1. The van der Waals surface area contributed by atoms with E-state index in [0.29, 0.717) is 9.64 Å². The molecule has 0 atom stereocenters. The number of quaternary nitrogens is 2. The summed E-state index contributed by atoms with van der Waals surface area (Å²) in [4.78, 5) is 4.32. The monoisotopic (exact) mass is 201 g/mol. The molecule has 1 aromatic heterocycles. The number of hydrogen-bond donors (Lipinski definition) is 1. The van der Waals surface area contributed by atoms with Gasteiger partial charge in [0.15, 0.2) is 0 Å². The maximum Gasteiger partial charge on any atom is 0.290 e. The number of pyridine rings is 1. The van der Waals surface area contributed by atoms with Crippen LogP contribution in [0.25, 0.3) is 0 Å². The maximum absolute atomic E-state index is 5.84. The zero-order valence-electron chi connectivity index (χ0n) is 8.50. The van der Waals surface area contributed by atoms with Gasteiger partial charge in [-0.25, -0.2) is 0 Å². The SMILES string of the molecule is C[NH2+]c1ccc(Cl)nc1[N+](C)(C)C. The van der Waals surface area contributed by atoms with Crippen molar-refractivity contribution in [1.82, 2.24) is 9.47 Å². The Morgan fingerprint density at radius 2 is 1.92 bits per heavy atom. The Kier molecular flexibility index (Phi) is 2.91. The highest BCUT2D eigenvalue weighted by atomic mass is 35.5. The van der Waals surface area contributed by atoms with Gasteiger partial charge in [-0.15, -0.1) is 0 Å². The van der Waals surface area contributed by atoms with Crippen LogP contribution in [0, 0.1) is 0 Å². The average Bonchev–Trinajstić information content (AvgIpc) is 2.03. The van der Waals surface area contributed by atoms with Crippen molar-refractivity contribution in [3.8, 4) is 0 Å². The Bertz CT molecular complexity index is 304. The molecular weight excluding hydrogens is 186 g/mol. The molecule has 3 nitrogen and oxygen atoms in total. The van der Waals surface area contributed by atoms with Gasteiger partial charge in [0.25, 0.3) is 5.82 Å². The lowest BCUT2D eigenvalue weighted by atomic mass is 10.3. The summed E-state index contributed by atoms with van der Waals surface area (Å²) >= 11 is 5.84. The molecule has 1 heterocycles. The van der Waals surface area contributed by atoms with E-state index in [1.807, 2.05) is 24.5 Å². The number of nitrogens with two attached hydrogens (primary N) is 1. The second-order valence-electron chi connectivity index (χ2n) is 3.85. The molecule has 2 N–H and O–H groups in total. The van der Waals surface area contributed by atoms with Crippen LogP contribution in [0.1, 0.15) is 0 Å². The fourth-order valence-electron chi connectivity index (χ4n) is 1.20. The molecule has 0 radical (unpaired) electrons. The quantitative estimate of drug-likeness (QED) is 0.556. The van der Waals surface area contributed by atoms with Crippen LogP contribution in [-0.2, 0) is 0 Å². The van der Waals surface area contributed by atoms with Gasteiger partial charge in [-0.1, -0.05) is 11.6 Å². The standard InChI is InChI=1S/C9H15ClN3/c1-11-7-5-6-8(10)12-9(7)13(2,3)4/h5-6,11H,1-4H3/q+1/p+1. The molecule has 72 valence electrons. The normalized spacial score (nSPS) is 11.8. The molecule has 0 fully saturated rings. The summed E-state index contributed by atoms with van der Waals surface area (Å²) in [6.45, 7) is 0. The van der Waals surface area contributed by atoms with Gasteiger partial charge < -0.3 is 5.32 Å². The molecular formula is C9H16ClN3+2. The minimum absolute atomic E-state index is 0.550. The Labute approximate surface area is 83.9 Å². The third-order valence-electron chi connectivity index (χ3n) is 1.82. The lowest BCUT2D eigenvalue weighted by Crippen LogP contribution is -2.73. The van der Waals surface area contributed by atoms with Crippen molar-refractivity contribution >= 4 is 23.1 Å². The van der Waals surface area contributed by atoms with Gasteiger partial charge in [0.1, 0.15) is 5.15 Å². The summed E-state index contributed by atoms with van der Waals surface area (Å²) in [5, 5.41) is 2.59. The van der Waals surface area contributed by atoms with Crippen molar-refractivity contribution in [1.29, 1.82) is 0 Å². The van der Waals surface area contributed by atoms with Crippen LogP contribution < -0.4 is 9.80 Å². The van der Waals surface area contributed by atoms with Crippen molar-refractivity contribution in [2.75, 3.05) is 28.2 Å². The van der Waals surface area contributed by atoms with Gasteiger partial charge >= 0.3 is 0 Å². The third kappa shape index (κ3) is 2.40. The van der Waals surface area contributed by atoms with E-state index < -0.39 is 0 Å². The Morgan fingerprint density at radius 3 is 2.38 bits per heavy atom. The molecule has 0 aliphatic carbocycles. The Hall–Kier alpha value is -0.640. The van der Waals surface area contributed by atoms with Crippen LogP contribution in [0.5, 0.6) is 0 Å². The average molecular weight is 202 g/mol. The molecule has 0 aliphatic rings. The van der Waals surface area contributed by atoms with Gasteiger partial charge in [-0.2, -0.15) is 4.98 Å². The van der Waals surface area contributed by atoms with Crippen molar-refractivity contribution in [2.24, 2.45) is 0 Å². The molecule has 1 aromatic rings. The maximum atomic E-state index is 5.84. The van der Waals surface area contributed by atoms with E-state index in [4.69, 9.17) is 11.6 Å². The Balaban J connectivity index is 3.24. The lowest BCUT2D eigenvalue weighted by Gasteiger charge is -2.22. The van der Waals surface area contributed by atoms with E-state index in [1.54, 1.807) is 0 Å². The molecule has 0 spiro atoms. The zero-order chi connectivity index (χ0) is 10.1. The minimum Gasteiger partial charge on any atom is -0.310 e. The van der Waals surface area contributed by atoms with Crippen LogP contribution >= 0.6 is 11.6 Å². The summed E-state index contributed by atoms with van der Waals surface area (Å²) in [6, 6.07) is 3.81. The van der Waals surface area contributed by atoms with Gasteiger partial charge in [0.05, 0.1) is 28.2 Å². The fraction of sp³-hybridized carbons (Fsp3) is 0.444. The zero-order valence-corrected chi connectivity index (χ0v) is 9.26. The first-order valence-corrected chi connectivity index (χ1v) is 4.61. The van der Waals surface area contributed by atoms with Crippen LogP contribution in [0.4, 0.5) is 11.5 Å². The highest BCUT2D eigenvalue weighted by Crippen LogP contribution is 2.23. The van der Waals surface area contributed by atoms with Crippen molar-refractivity contribution in [2.45, 2.75) is 0 Å². The van der Waals surface area contributed by atoms with Crippen molar-refractivity contribution in [3.63, 3.8) is 0 Å². The van der Waals surface area contributed by atoms with Gasteiger partial charge in [-0.3, -0.25) is 4.48 Å². The summed E-state index contributed by atoms with van der Waals surface area (Å²) in [7, 11) is 8.23. The second kappa shape index (κ2) is 3.62. The summed E-state index contributed by atoms with van der Waals surface area (Å²) < 4.78 is 0.681. The summed E-state index contributed by atoms with van der Waals surface area (Å²) in [5.74, 6) is 0.995. The minimum atomic E-state index is 0.550. The number of aromatic nitrogens is 1. The molecule has 0 amide bonds. The Morgan fingerprint density at radius 1 is 1.31 bits per heavy atom. The molecule has 0 aromatic carbocycles. The predicted octanol–water partition coefficient (Wildman–Crippen LogP) is 0.756. The van der Waals surface area contributed by atoms with E-state index in [-0.39, 0.29) is 0 Å². The van der Waals surface area contributed by atoms with Gasteiger partial charge in [-0.05, 0) is 6.07 Å². The molecule has 0 saturated carbocycles. The fourth-order valence-corrected chi connectivity index (χ4v) is 1.34. The van der Waals surface area contributed by atoms with Crippen LogP contribution in [-0.4, -0.2) is 33.2 Å². The first-order valence-electron chi connectivity index (χ1n) is 4.23. The first kappa shape index (κ1) is 10.4. The van der Waals surface area contributed by atoms with Crippen molar-refractivity contribution in [3.05, 3.63) is 17.3 Å². The van der Waals surface area contributed by atoms with Crippen molar-refractivity contribution < 1.29 is 5.32 Å². The molecule has 4 heteroatoms. The number of rotatable bonds is 2. The number of halogens is 1. The molecule has 0 aliphatic heterocycles. The van der Waals surface area contributed by atoms with E-state index in [0.717, 1.165) is 11.5 Å². The topological polar surface area (TPSA) is 29.5 Å². The highest BCUT2D eigenvalue weighted by Gasteiger charge is 2.22. The molecule has 0 unspecified atom stereocenters. The predicted molar refractivity (Wildman–Crippen MR) is 56.3 cm³/mol. The highest BCUT2D eigenvalue weighted by molar-refractivity contribution is 6.29. The van der Waals surface area contributed by atoms with E-state index in [9.17, 15) is 0 Å². The molecule has 0 bridgehead atoms. The van der Waals surface area contributed by atoms with Crippen LogP contribution in [0.3, 0.4) is 0 Å². The van der Waals surface area contributed by atoms with Gasteiger partial charge in [0, 0.05) is 6.07 Å². The molecule has 13 heavy (non-hydrogen) atoms. The molecule has 1 rings (SSSR count). The smallest absolute Gasteiger partial charge is 0.290 e. The van der Waals surface area contributed by atoms with Crippen LogP contribution in [0.2, 0.25) is 5.15 Å². The largest absolute Gasteiger partial charge is 0.310 e. The summed E-state index contributed by atoms with van der Waals surface area (Å²) in [5.41, 5.74) is 1.14. The van der Waals surface area contributed by atoms with E-state index in [2.05, 4.69) is 26.1 Å². The van der Waals surface area contributed by atoms with Crippen LogP contribution in [0.15, 0.2) is 12.1 Å². The lowest BCUT2D eigenvalue weighted by molar-refractivity contribution is -0.539. The third-order valence-corrected chi connectivity index (χ3v) is 2.03. The van der Waals surface area contributed by atoms with E-state index in [1.165, 1.54) is 0 Å². The molecule has 0 saturated heterocycles. The number of nitrogens with zero attached hydrogens (tertiary/aromatic N) is 2. The second-order valence-corrected chi connectivity index (χ2v) is 4.24. The summed E-state index contributed by atoms with van der Waals surface area (Å²) in [6.07, 6.45) is 0. The van der Waals surface area contributed by atoms with Gasteiger partial charge in [0.2, 0.25) is 5.69 Å².